The number of imide groups is 1. The molecular weight excluding hydrogens is 1170 g/mol. The third-order valence-corrected chi connectivity index (χ3v) is 16.6. The smallest absolute Gasteiger partial charge is 0.409 e. The van der Waals surface area contributed by atoms with Crippen molar-refractivity contribution in [2.75, 3.05) is 58.2 Å². The highest BCUT2D eigenvalue weighted by Crippen LogP contribution is 2.49. The van der Waals surface area contributed by atoms with Crippen molar-refractivity contribution in [2.45, 2.75) is 147 Å². The first-order chi connectivity index (χ1) is 41.1. The van der Waals surface area contributed by atoms with Crippen LogP contribution in [0.2, 0.25) is 5.02 Å². The average molecular weight is 1250 g/mol. The van der Waals surface area contributed by atoms with Crippen LogP contribution in [0.1, 0.15) is 102 Å². The zero-order valence-electron chi connectivity index (χ0n) is 50.7. The van der Waals surface area contributed by atoms with Gasteiger partial charge in [-0.1, -0.05) is 56.2 Å². The van der Waals surface area contributed by atoms with Crippen molar-refractivity contribution >= 4 is 93.8 Å². The molecule has 2 aromatic carbocycles. The highest BCUT2D eigenvalue weighted by molar-refractivity contribution is 7.80. The Hall–Kier alpha value is -7.65. The molecule has 6 rings (SSSR count). The van der Waals surface area contributed by atoms with Crippen LogP contribution < -0.4 is 47.3 Å². The lowest BCUT2D eigenvalue weighted by atomic mass is 9.83. The number of benzene rings is 2. The number of hydrogen-bond acceptors (Lipinski definition) is 16. The molecule has 4 aliphatic heterocycles. The molecule has 0 unspecified atom stereocenters. The Morgan fingerprint density at radius 1 is 0.966 bits per heavy atom. The molecule has 4 heterocycles. The first-order valence-electron chi connectivity index (χ1n) is 28.8. The molecule has 0 aliphatic carbocycles. The topological polar surface area (TPSA) is 331 Å². The van der Waals surface area contributed by atoms with Gasteiger partial charge < -0.3 is 70.9 Å². The van der Waals surface area contributed by atoms with Crippen LogP contribution in [-0.2, 0) is 54.1 Å². The van der Waals surface area contributed by atoms with Gasteiger partial charge in [0, 0.05) is 76.6 Å². The molecule has 9 N–H and O–H groups in total. The standard InChI is InChI=1S/C60H81ClN10O15S/c1-33(2)50(67-57(87)64-26-13-14-27-71-46(72)23-24-47(71)73)53(76)66-40(17-11-12-25-63-56(62)79)52(75)65-39-21-19-38(20-22-39)54(77)69(7)36(5)55(78)85-45-31-48(74)70(8)41-29-37(30-42(82-9)49(41)61)28-34(3)16-15-18-44(83-10)60(81)32-43(84-58(80)68-60)35(4)51-59(45,6)86-51/h15-16,18-24,29-30,33,35-36,40,43-45,50-51,81H,11-14,17,25-28,31-32H2,1-10H3,(H,65,75)(H,66,76)(H,68,80)(H3,62,63,79)(H2,64,67,87)/b18-15+,34-16+/t35-,36+,40+,43+,44-,45+,50+,51+,59+,60+/m1/s1. The molecule has 0 spiro atoms. The van der Waals surface area contributed by atoms with Crippen molar-refractivity contribution in [3.63, 3.8) is 0 Å². The number of carbonyl (C=O) groups excluding carboxylic acids is 9. The number of unbranched alkanes of at least 4 members (excludes halogenated alkanes) is 2. The molecule has 2 saturated heterocycles. The van der Waals surface area contributed by atoms with Crippen LogP contribution in [0.3, 0.4) is 0 Å². The number of methoxy groups -OCH3 is 2. The Labute approximate surface area is 516 Å². The molecule has 27 heteroatoms. The average Bonchev–Trinajstić information content (AvgIpc) is 1.60. The van der Waals surface area contributed by atoms with Gasteiger partial charge >= 0.3 is 18.1 Å². The summed E-state index contributed by atoms with van der Waals surface area (Å²) in [6.07, 6.45) is 4.63. The molecule has 87 heavy (non-hydrogen) atoms. The number of aliphatic hydroxyl groups is 1. The largest absolute Gasteiger partial charge is 0.495 e. The van der Waals surface area contributed by atoms with Gasteiger partial charge in [0.1, 0.15) is 52.8 Å². The van der Waals surface area contributed by atoms with Crippen molar-refractivity contribution in [3.05, 3.63) is 88.5 Å². The number of epoxide rings is 1. The summed E-state index contributed by atoms with van der Waals surface area (Å²) >= 11 is 12.3. The normalized spacial score (nSPS) is 24.8. The molecule has 474 valence electrons. The van der Waals surface area contributed by atoms with Crippen LogP contribution in [-0.4, -0.2) is 175 Å². The second kappa shape index (κ2) is 30.3. The first kappa shape index (κ1) is 68.5. The van der Waals surface area contributed by atoms with E-state index in [9.17, 15) is 48.3 Å². The van der Waals surface area contributed by atoms with Gasteiger partial charge in [0.2, 0.25) is 17.7 Å². The summed E-state index contributed by atoms with van der Waals surface area (Å²) in [6, 6.07) is 5.48. The number of alkyl carbamates (subject to hydrolysis) is 1. The lowest BCUT2D eigenvalue weighted by Crippen LogP contribution is -2.63. The zero-order valence-corrected chi connectivity index (χ0v) is 52.3. The fourth-order valence-electron chi connectivity index (χ4n) is 10.5. The minimum Gasteiger partial charge on any atom is -0.495 e. The summed E-state index contributed by atoms with van der Waals surface area (Å²) in [4.78, 5) is 123. The number of rotatable bonds is 22. The summed E-state index contributed by atoms with van der Waals surface area (Å²) < 4.78 is 29.6. The van der Waals surface area contributed by atoms with E-state index in [2.05, 4.69) is 31.9 Å². The molecule has 2 fully saturated rings. The third-order valence-electron chi connectivity index (χ3n) is 15.9. The quantitative estimate of drug-likeness (QED) is 0.0268. The Bertz CT molecular complexity index is 3000. The molecule has 2 aromatic rings. The molecule has 9 amide bonds. The van der Waals surface area contributed by atoms with Crippen molar-refractivity contribution in [1.82, 2.24) is 36.4 Å². The van der Waals surface area contributed by atoms with E-state index in [1.165, 1.54) is 76.6 Å². The molecule has 0 radical (unpaired) electrons. The maximum Gasteiger partial charge on any atom is 0.409 e. The monoisotopic (exact) mass is 1250 g/mol. The number of halogens is 1. The Morgan fingerprint density at radius 2 is 1.63 bits per heavy atom. The number of amides is 9. The number of primary amides is 1. The lowest BCUT2D eigenvalue weighted by molar-refractivity contribution is -0.158. The lowest BCUT2D eigenvalue weighted by Gasteiger charge is -2.42. The summed E-state index contributed by atoms with van der Waals surface area (Å²) in [6.45, 7) is 11.3. The molecule has 25 nitrogen and oxygen atoms in total. The van der Waals surface area contributed by atoms with Crippen molar-refractivity contribution in [2.24, 2.45) is 17.6 Å². The van der Waals surface area contributed by atoms with E-state index < -0.39 is 108 Å². The zero-order chi connectivity index (χ0) is 64.1. The van der Waals surface area contributed by atoms with Gasteiger partial charge in [-0.2, -0.15) is 0 Å². The number of likely N-dealkylation sites (N-methyl/N-ethyl adjacent to an activating group) is 1. The SMILES string of the molecule is COc1cc2cc(c1Cl)N(C)C(=O)C[C@H](OC(=O)[C@H](C)N(C)C(=O)c1ccc(NC(=O)[C@H](CCCCNC(N)=O)NC(=O)[C@@H](NC(=S)NCCCCN3C(=O)C=CC3=O)C(C)C)cc1)[C@]1(C)O[C@H]1[C@H](C)[C@@H]1C[C@@](O)(NC(=O)O1)[C@H](OC)/C=C/C=C(\C)C2. The van der Waals surface area contributed by atoms with Gasteiger partial charge in [0.15, 0.2) is 10.8 Å². The minimum atomic E-state index is -1.91. The number of nitrogens with zero attached hydrogens (tertiary/aromatic N) is 3. The number of ether oxygens (including phenoxy) is 5. The highest BCUT2D eigenvalue weighted by atomic mass is 35.5. The van der Waals surface area contributed by atoms with E-state index in [1.54, 1.807) is 52.0 Å². The van der Waals surface area contributed by atoms with Crippen LogP contribution in [0.4, 0.5) is 21.0 Å². The number of thiocarbonyl (C=S) groups is 1. The fraction of sp³-hybridized carbons (Fsp3) is 0.533. The van der Waals surface area contributed by atoms with E-state index in [4.69, 9.17) is 53.2 Å². The van der Waals surface area contributed by atoms with Gasteiger partial charge in [0.25, 0.3) is 17.7 Å². The van der Waals surface area contributed by atoms with Crippen molar-refractivity contribution in [3.8, 4) is 5.75 Å². The number of urea groups is 1. The van der Waals surface area contributed by atoms with Gasteiger partial charge in [-0.25, -0.2) is 14.4 Å². The predicted octanol–water partition coefficient (Wildman–Crippen LogP) is 4.28. The highest BCUT2D eigenvalue weighted by Gasteiger charge is 2.64. The van der Waals surface area contributed by atoms with Gasteiger partial charge in [0.05, 0.1) is 25.3 Å². The molecular formula is C60H81ClN10O15S. The van der Waals surface area contributed by atoms with E-state index in [-0.39, 0.29) is 65.0 Å². The number of hydrogen-bond donors (Lipinski definition) is 8. The molecule has 0 aromatic heterocycles. The van der Waals surface area contributed by atoms with Crippen LogP contribution in [0, 0.1) is 11.8 Å². The number of allylic oxidation sites excluding steroid dienone is 3. The fourth-order valence-corrected chi connectivity index (χ4v) is 11.0. The predicted molar refractivity (Wildman–Crippen MR) is 326 cm³/mol. The molecule has 4 bridgehead atoms. The Kier molecular flexibility index (Phi) is 23.9. The van der Waals surface area contributed by atoms with E-state index in [0.717, 1.165) is 20.9 Å². The molecule has 10 atom stereocenters. The molecule has 4 aliphatic rings. The maximum atomic E-state index is 14.5. The van der Waals surface area contributed by atoms with Crippen LogP contribution in [0.25, 0.3) is 0 Å². The number of carbonyl (C=O) groups is 9. The second-order valence-electron chi connectivity index (χ2n) is 22.7. The number of fused-ring (bicyclic) bond motifs is 5. The van der Waals surface area contributed by atoms with E-state index >= 15 is 0 Å². The number of nitrogens with two attached hydrogens (primary N) is 1. The maximum absolute atomic E-state index is 14.5. The first-order valence-corrected chi connectivity index (χ1v) is 29.6. The molecule has 0 saturated carbocycles. The third kappa shape index (κ3) is 17.8. The summed E-state index contributed by atoms with van der Waals surface area (Å²) in [5, 5.41) is 29.0. The number of anilines is 2. The number of esters is 1. The van der Waals surface area contributed by atoms with Crippen molar-refractivity contribution < 1.29 is 71.9 Å². The summed E-state index contributed by atoms with van der Waals surface area (Å²) in [7, 11) is 5.79. The van der Waals surface area contributed by atoms with Gasteiger partial charge in [-0.3, -0.25) is 39.0 Å². The van der Waals surface area contributed by atoms with Crippen molar-refractivity contribution in [1.29, 1.82) is 0 Å². The minimum absolute atomic E-state index is 0.127. The van der Waals surface area contributed by atoms with Gasteiger partial charge in [-0.05, 0) is 119 Å². The Balaban J connectivity index is 1.15. The van der Waals surface area contributed by atoms with Crippen LogP contribution in [0.15, 0.2) is 72.4 Å². The second-order valence-corrected chi connectivity index (χ2v) is 23.5. The van der Waals surface area contributed by atoms with Crippen LogP contribution in [0.5, 0.6) is 5.75 Å². The van der Waals surface area contributed by atoms with Gasteiger partial charge in [-0.15, -0.1) is 0 Å². The Morgan fingerprint density at radius 3 is 2.28 bits per heavy atom. The van der Waals surface area contributed by atoms with E-state index in [1.807, 2.05) is 13.0 Å². The van der Waals surface area contributed by atoms with Crippen LogP contribution >= 0.6 is 23.8 Å². The number of nitrogens with one attached hydrogen (secondary N) is 6. The summed E-state index contributed by atoms with van der Waals surface area (Å²) in [5.74, 6) is -4.44. The van der Waals surface area contributed by atoms with E-state index in [0.29, 0.717) is 50.1 Å². The summed E-state index contributed by atoms with van der Waals surface area (Å²) in [5.41, 5.74) is 4.30.